The fourth-order valence-electron chi connectivity index (χ4n) is 5.06. The summed E-state index contributed by atoms with van der Waals surface area (Å²) < 4.78 is 37.8. The van der Waals surface area contributed by atoms with Crippen LogP contribution >= 0.6 is 0 Å². The van der Waals surface area contributed by atoms with Crippen LogP contribution in [0.25, 0.3) is 11.3 Å². The number of aryl methyl sites for hydroxylation is 1. The van der Waals surface area contributed by atoms with E-state index in [0.717, 1.165) is 28.1 Å². The number of hydrogen-bond donors (Lipinski definition) is 1. The maximum atomic E-state index is 14.2. The van der Waals surface area contributed by atoms with E-state index in [4.69, 9.17) is 5.14 Å². The van der Waals surface area contributed by atoms with Crippen LogP contribution in [0.4, 0.5) is 10.1 Å². The fraction of sp³-hybridized carbons (Fsp3) is 0.280. The van der Waals surface area contributed by atoms with Gasteiger partial charge in [0.15, 0.2) is 0 Å². The Hall–Kier alpha value is -3.10. The highest BCUT2D eigenvalue weighted by molar-refractivity contribution is 7.89. The van der Waals surface area contributed by atoms with Crippen LogP contribution in [0.1, 0.15) is 35.2 Å². The van der Waals surface area contributed by atoms with Gasteiger partial charge in [0, 0.05) is 29.4 Å². The van der Waals surface area contributed by atoms with Crippen molar-refractivity contribution < 1.29 is 17.6 Å². The first-order valence-corrected chi connectivity index (χ1v) is 12.4. The minimum atomic E-state index is -4.23. The third kappa shape index (κ3) is 3.73. The number of nitrogens with two attached hydrogens (primary N) is 1. The lowest BCUT2D eigenvalue weighted by atomic mass is 9.93. The molecule has 170 valence electrons. The number of carbonyl (C=O) groups is 1. The number of aromatic nitrogens is 1. The number of anilines is 1. The summed E-state index contributed by atoms with van der Waals surface area (Å²) in [6, 6.07) is 14.5. The van der Waals surface area contributed by atoms with Crippen LogP contribution in [0.15, 0.2) is 53.4 Å². The summed E-state index contributed by atoms with van der Waals surface area (Å²) in [6.45, 7) is 4.38. The highest BCUT2D eigenvalue weighted by atomic mass is 32.2. The fourth-order valence-corrected chi connectivity index (χ4v) is 5.66. The molecule has 0 radical (unpaired) electrons. The average molecular weight is 466 g/mol. The van der Waals surface area contributed by atoms with E-state index in [2.05, 4.69) is 17.1 Å². The van der Waals surface area contributed by atoms with Gasteiger partial charge in [0.2, 0.25) is 15.9 Å². The summed E-state index contributed by atoms with van der Waals surface area (Å²) in [5.74, 6) is -1.24. The summed E-state index contributed by atoms with van der Waals surface area (Å²) in [7, 11) is -4.23. The maximum absolute atomic E-state index is 14.2. The van der Waals surface area contributed by atoms with Crippen molar-refractivity contribution in [1.82, 2.24) is 4.98 Å². The molecular formula is C25H24FN3O3S. The Kier molecular flexibility index (Phi) is 5.10. The normalized spacial score (nSPS) is 19.5. The van der Waals surface area contributed by atoms with Gasteiger partial charge in [-0.3, -0.25) is 9.78 Å². The van der Waals surface area contributed by atoms with Crippen molar-refractivity contribution in [1.29, 1.82) is 0 Å². The number of pyridine rings is 1. The molecule has 2 aliphatic rings. The molecule has 2 N–H and O–H groups in total. The molecule has 2 aromatic carbocycles. The molecular weight excluding hydrogens is 441 g/mol. The molecule has 3 aromatic rings. The molecule has 1 aromatic heterocycles. The van der Waals surface area contributed by atoms with E-state index in [1.165, 1.54) is 12.1 Å². The highest BCUT2D eigenvalue weighted by Gasteiger charge is 2.39. The van der Waals surface area contributed by atoms with E-state index in [1.807, 2.05) is 38.1 Å². The highest BCUT2D eigenvalue weighted by Crippen LogP contribution is 2.42. The smallest absolute Gasteiger partial charge is 0.241 e. The molecule has 0 saturated carbocycles. The molecule has 0 bridgehead atoms. The van der Waals surface area contributed by atoms with E-state index in [9.17, 15) is 17.6 Å². The molecule has 8 heteroatoms. The number of amides is 1. The number of halogens is 1. The third-order valence-electron chi connectivity index (χ3n) is 6.78. The zero-order valence-corrected chi connectivity index (χ0v) is 19.2. The molecule has 2 heterocycles. The number of benzene rings is 2. The number of sulfonamides is 1. The molecule has 33 heavy (non-hydrogen) atoms. The number of nitrogens with zero attached hydrogens (tertiary/aromatic N) is 2. The van der Waals surface area contributed by atoms with Crippen molar-refractivity contribution >= 4 is 21.6 Å². The van der Waals surface area contributed by atoms with E-state index >= 15 is 0 Å². The van der Waals surface area contributed by atoms with E-state index < -0.39 is 20.7 Å². The molecule has 0 fully saturated rings. The number of fused-ring (bicyclic) bond motifs is 2. The summed E-state index contributed by atoms with van der Waals surface area (Å²) in [6.07, 6.45) is 1.06. The average Bonchev–Trinajstić information content (AvgIpc) is 3.32. The van der Waals surface area contributed by atoms with Crippen LogP contribution in [-0.2, 0) is 27.7 Å². The molecule has 2 atom stereocenters. The predicted octanol–water partition coefficient (Wildman–Crippen LogP) is 3.71. The summed E-state index contributed by atoms with van der Waals surface area (Å²) in [4.78, 5) is 19.2. The number of hydrogen-bond acceptors (Lipinski definition) is 4. The van der Waals surface area contributed by atoms with Crippen LogP contribution in [0.3, 0.4) is 0 Å². The maximum Gasteiger partial charge on any atom is 0.241 e. The van der Waals surface area contributed by atoms with Crippen molar-refractivity contribution in [3.05, 3.63) is 76.7 Å². The second-order valence-electron chi connectivity index (χ2n) is 8.87. The quantitative estimate of drug-likeness (QED) is 0.638. The molecule has 1 amide bonds. The lowest BCUT2D eigenvalue weighted by Crippen LogP contribution is -2.36. The van der Waals surface area contributed by atoms with Crippen LogP contribution < -0.4 is 10.0 Å². The van der Waals surface area contributed by atoms with Crippen LogP contribution in [-0.4, -0.2) is 25.9 Å². The number of primary sulfonamides is 1. The summed E-state index contributed by atoms with van der Waals surface area (Å²) in [5, 5.41) is 5.17. The van der Waals surface area contributed by atoms with Crippen molar-refractivity contribution in [2.24, 2.45) is 11.1 Å². The lowest BCUT2D eigenvalue weighted by Gasteiger charge is -2.24. The van der Waals surface area contributed by atoms with E-state index in [1.54, 1.807) is 4.90 Å². The Balaban J connectivity index is 1.45. The van der Waals surface area contributed by atoms with Crippen LogP contribution in [0.2, 0.25) is 0 Å². The topological polar surface area (TPSA) is 93.4 Å². The zero-order chi connectivity index (χ0) is 23.5. The summed E-state index contributed by atoms with van der Waals surface area (Å²) in [5.41, 5.74) is 6.14. The van der Waals surface area contributed by atoms with Crippen LogP contribution in [0.5, 0.6) is 0 Å². The molecule has 6 nitrogen and oxygen atoms in total. The van der Waals surface area contributed by atoms with Gasteiger partial charge in [-0.15, -0.1) is 0 Å². The Morgan fingerprint density at radius 1 is 1.15 bits per heavy atom. The Bertz CT molecular complexity index is 1400. The monoisotopic (exact) mass is 465 g/mol. The first-order chi connectivity index (χ1) is 15.6. The van der Waals surface area contributed by atoms with Crippen molar-refractivity contribution in [2.75, 3.05) is 11.4 Å². The van der Waals surface area contributed by atoms with Gasteiger partial charge in [0.25, 0.3) is 0 Å². The number of carbonyl (C=O) groups excluding carboxylic acids is 1. The van der Waals surface area contributed by atoms with Gasteiger partial charge in [-0.05, 0) is 72.7 Å². The zero-order valence-electron chi connectivity index (χ0n) is 18.4. The first-order valence-electron chi connectivity index (χ1n) is 10.9. The van der Waals surface area contributed by atoms with Gasteiger partial charge >= 0.3 is 0 Å². The second kappa shape index (κ2) is 7.74. The van der Waals surface area contributed by atoms with Gasteiger partial charge in [0.05, 0.1) is 5.69 Å². The predicted molar refractivity (Wildman–Crippen MR) is 124 cm³/mol. The van der Waals surface area contributed by atoms with Gasteiger partial charge in [0.1, 0.15) is 10.7 Å². The van der Waals surface area contributed by atoms with Gasteiger partial charge < -0.3 is 4.90 Å². The molecule has 0 saturated heterocycles. The molecule has 5 rings (SSSR count). The van der Waals surface area contributed by atoms with Gasteiger partial charge in [-0.1, -0.05) is 25.1 Å². The van der Waals surface area contributed by atoms with Crippen molar-refractivity contribution in [3.8, 4) is 11.3 Å². The first kappa shape index (κ1) is 21.7. The lowest BCUT2D eigenvalue weighted by molar-refractivity contribution is -0.122. The largest absolute Gasteiger partial charge is 0.312 e. The second-order valence-corrected chi connectivity index (χ2v) is 10.4. The summed E-state index contributed by atoms with van der Waals surface area (Å²) >= 11 is 0. The number of rotatable bonds is 3. The SMILES string of the molecule is Cc1cccc(-c2ccc3c(c2)CC(C(=O)N2CCc4cc(F)c(S(N)(=O)=O)cc42)C3C)n1. The van der Waals surface area contributed by atoms with E-state index in [0.29, 0.717) is 30.6 Å². The molecule has 1 aliphatic heterocycles. The molecule has 1 aliphatic carbocycles. The Morgan fingerprint density at radius 2 is 1.94 bits per heavy atom. The minimum absolute atomic E-state index is 0.00854. The van der Waals surface area contributed by atoms with Crippen molar-refractivity contribution in [3.63, 3.8) is 0 Å². The van der Waals surface area contributed by atoms with Crippen LogP contribution in [0, 0.1) is 18.7 Å². The van der Waals surface area contributed by atoms with Gasteiger partial charge in [-0.25, -0.2) is 17.9 Å². The molecule has 0 spiro atoms. The molecule has 2 unspecified atom stereocenters. The Morgan fingerprint density at radius 3 is 2.67 bits per heavy atom. The minimum Gasteiger partial charge on any atom is -0.312 e. The third-order valence-corrected chi connectivity index (χ3v) is 7.71. The van der Waals surface area contributed by atoms with E-state index in [-0.39, 0.29) is 17.7 Å². The van der Waals surface area contributed by atoms with Crippen molar-refractivity contribution in [2.45, 2.75) is 37.5 Å². The van der Waals surface area contributed by atoms with Gasteiger partial charge in [-0.2, -0.15) is 0 Å². The Labute approximate surface area is 192 Å². The standard InChI is InChI=1S/C25H24FN3O3S/c1-14-4-3-5-22(28-14)16-6-7-19-15(2)20(11-18(19)10-16)25(30)29-9-8-17-12-21(26)24(13-23(17)29)33(27,31)32/h3-7,10,12-13,15,20H,8-9,11H2,1-2H3,(H2,27,31,32).